The van der Waals surface area contributed by atoms with Crippen LogP contribution in [0, 0.1) is 0 Å². The molecule has 0 bridgehead atoms. The Morgan fingerprint density at radius 2 is 1.58 bits per heavy atom. The fourth-order valence-electron chi connectivity index (χ4n) is 3.09. The monoisotopic (exact) mass is 261 g/mol. The molecule has 1 saturated carbocycles. The molecule has 1 fully saturated rings. The van der Waals surface area contributed by atoms with Crippen LogP contribution < -0.4 is 10.5 Å². The molecule has 19 heavy (non-hydrogen) atoms. The summed E-state index contributed by atoms with van der Waals surface area (Å²) in [6, 6.07) is 4.47. The molecule has 0 saturated heterocycles. The molecule has 0 amide bonds. The Labute approximate surface area is 117 Å². The first-order valence-electron chi connectivity index (χ1n) is 7.41. The van der Waals surface area contributed by atoms with Gasteiger partial charge < -0.3 is 10.5 Å². The van der Waals surface area contributed by atoms with E-state index in [0.717, 1.165) is 18.6 Å². The maximum absolute atomic E-state index is 6.63. The highest BCUT2D eigenvalue weighted by Gasteiger charge is 2.39. The first kappa shape index (κ1) is 14.4. The number of hydrogen-bond donors (Lipinski definition) is 1. The van der Waals surface area contributed by atoms with Crippen LogP contribution in [0.4, 0.5) is 0 Å². The first-order chi connectivity index (χ1) is 8.90. The predicted molar refractivity (Wildman–Crippen MR) is 80.9 cm³/mol. The SMILES string of the molecule is COc1c(C(C)C)ccc(C(C)C)c1C1(N)CCC1. The predicted octanol–water partition coefficient (Wildman–Crippen LogP) is 4.28. The van der Waals surface area contributed by atoms with E-state index in [1.54, 1.807) is 7.11 Å². The average molecular weight is 261 g/mol. The zero-order valence-electron chi connectivity index (χ0n) is 12.9. The van der Waals surface area contributed by atoms with E-state index in [1.807, 2.05) is 0 Å². The average Bonchev–Trinajstić information content (AvgIpc) is 2.33. The van der Waals surface area contributed by atoms with Gasteiger partial charge in [0, 0.05) is 11.1 Å². The summed E-state index contributed by atoms with van der Waals surface area (Å²) in [5.74, 6) is 1.97. The van der Waals surface area contributed by atoms with Crippen molar-refractivity contribution in [3.8, 4) is 5.75 Å². The Morgan fingerprint density at radius 3 is 1.95 bits per heavy atom. The third kappa shape index (κ3) is 2.38. The molecule has 2 N–H and O–H groups in total. The highest BCUT2D eigenvalue weighted by atomic mass is 16.5. The lowest BCUT2D eigenvalue weighted by atomic mass is 9.69. The Morgan fingerprint density at radius 1 is 1.05 bits per heavy atom. The molecule has 1 aliphatic rings. The van der Waals surface area contributed by atoms with Gasteiger partial charge in [-0.2, -0.15) is 0 Å². The summed E-state index contributed by atoms with van der Waals surface area (Å²) in [5, 5.41) is 0. The molecule has 0 radical (unpaired) electrons. The van der Waals surface area contributed by atoms with Crippen LogP contribution in [0.25, 0.3) is 0 Å². The molecule has 0 heterocycles. The van der Waals surface area contributed by atoms with Crippen molar-refractivity contribution in [1.82, 2.24) is 0 Å². The van der Waals surface area contributed by atoms with Gasteiger partial charge in [0.05, 0.1) is 7.11 Å². The van der Waals surface area contributed by atoms with Crippen LogP contribution in [0.15, 0.2) is 12.1 Å². The van der Waals surface area contributed by atoms with E-state index in [1.165, 1.54) is 23.1 Å². The van der Waals surface area contributed by atoms with Crippen LogP contribution in [-0.4, -0.2) is 7.11 Å². The van der Waals surface area contributed by atoms with E-state index < -0.39 is 0 Å². The van der Waals surface area contributed by atoms with Crippen molar-refractivity contribution in [3.63, 3.8) is 0 Å². The van der Waals surface area contributed by atoms with Gasteiger partial charge in [-0.3, -0.25) is 0 Å². The first-order valence-corrected chi connectivity index (χ1v) is 7.41. The summed E-state index contributed by atoms with van der Waals surface area (Å²) in [5.41, 5.74) is 10.4. The van der Waals surface area contributed by atoms with Crippen molar-refractivity contribution in [2.75, 3.05) is 7.11 Å². The molecule has 1 aliphatic carbocycles. The zero-order chi connectivity index (χ0) is 14.2. The van der Waals surface area contributed by atoms with Crippen LogP contribution in [0.2, 0.25) is 0 Å². The third-order valence-electron chi connectivity index (χ3n) is 4.41. The molecule has 2 heteroatoms. The fraction of sp³-hybridized carbons (Fsp3) is 0.647. The molecule has 0 atom stereocenters. The molecule has 2 rings (SSSR count). The summed E-state index contributed by atoms with van der Waals surface area (Å²) in [6.45, 7) is 8.88. The van der Waals surface area contributed by atoms with Gasteiger partial charge in [0.1, 0.15) is 5.75 Å². The molecular formula is C17H27NO. The Hall–Kier alpha value is -1.02. The Balaban J connectivity index is 2.66. The topological polar surface area (TPSA) is 35.2 Å². The quantitative estimate of drug-likeness (QED) is 0.878. The van der Waals surface area contributed by atoms with E-state index in [2.05, 4.69) is 39.8 Å². The van der Waals surface area contributed by atoms with E-state index >= 15 is 0 Å². The van der Waals surface area contributed by atoms with Crippen LogP contribution in [0.3, 0.4) is 0 Å². The lowest BCUT2D eigenvalue weighted by Crippen LogP contribution is -2.44. The highest BCUT2D eigenvalue weighted by Crippen LogP contribution is 2.48. The van der Waals surface area contributed by atoms with E-state index in [9.17, 15) is 0 Å². The van der Waals surface area contributed by atoms with Gasteiger partial charge in [-0.1, -0.05) is 39.8 Å². The maximum atomic E-state index is 6.63. The van der Waals surface area contributed by atoms with Gasteiger partial charge >= 0.3 is 0 Å². The molecule has 106 valence electrons. The van der Waals surface area contributed by atoms with Gasteiger partial charge in [0.2, 0.25) is 0 Å². The smallest absolute Gasteiger partial charge is 0.127 e. The normalized spacial score (nSPS) is 17.7. The van der Waals surface area contributed by atoms with Gasteiger partial charge in [-0.25, -0.2) is 0 Å². The van der Waals surface area contributed by atoms with Gasteiger partial charge in [-0.05, 0) is 42.2 Å². The van der Waals surface area contributed by atoms with E-state index in [0.29, 0.717) is 11.8 Å². The number of rotatable bonds is 4. The summed E-state index contributed by atoms with van der Waals surface area (Å²) in [7, 11) is 1.77. The van der Waals surface area contributed by atoms with Crippen molar-refractivity contribution in [2.24, 2.45) is 5.73 Å². The second-order valence-electron chi connectivity index (χ2n) is 6.47. The van der Waals surface area contributed by atoms with Crippen LogP contribution in [0.5, 0.6) is 5.75 Å². The van der Waals surface area contributed by atoms with E-state index in [-0.39, 0.29) is 5.54 Å². The molecule has 1 aromatic rings. The lowest BCUT2D eigenvalue weighted by Gasteiger charge is -2.42. The minimum atomic E-state index is -0.171. The van der Waals surface area contributed by atoms with Crippen LogP contribution in [0.1, 0.15) is 75.5 Å². The molecule has 1 aromatic carbocycles. The lowest BCUT2D eigenvalue weighted by molar-refractivity contribution is 0.240. The summed E-state index contributed by atoms with van der Waals surface area (Å²) in [6.07, 6.45) is 3.37. The van der Waals surface area contributed by atoms with Gasteiger partial charge in [0.25, 0.3) is 0 Å². The summed E-state index contributed by atoms with van der Waals surface area (Å²) in [4.78, 5) is 0. The number of ether oxygens (including phenoxy) is 1. The standard InChI is InChI=1S/C17H27NO/c1-11(2)13-7-8-14(12(3)4)16(19-5)15(13)17(18)9-6-10-17/h7-8,11-12H,6,9-10,18H2,1-5H3. The molecule has 0 aromatic heterocycles. The van der Waals surface area contributed by atoms with Crippen molar-refractivity contribution >= 4 is 0 Å². The number of methoxy groups -OCH3 is 1. The third-order valence-corrected chi connectivity index (χ3v) is 4.41. The summed E-state index contributed by atoms with van der Waals surface area (Å²) < 4.78 is 5.77. The molecule has 0 spiro atoms. The molecule has 2 nitrogen and oxygen atoms in total. The van der Waals surface area contributed by atoms with Gasteiger partial charge in [-0.15, -0.1) is 0 Å². The minimum absolute atomic E-state index is 0.171. The van der Waals surface area contributed by atoms with Crippen molar-refractivity contribution in [3.05, 3.63) is 28.8 Å². The second kappa shape index (κ2) is 5.16. The molecule has 0 aliphatic heterocycles. The minimum Gasteiger partial charge on any atom is -0.496 e. The van der Waals surface area contributed by atoms with E-state index in [4.69, 9.17) is 10.5 Å². The van der Waals surface area contributed by atoms with Crippen molar-refractivity contribution in [1.29, 1.82) is 0 Å². The largest absolute Gasteiger partial charge is 0.496 e. The van der Waals surface area contributed by atoms with Crippen LogP contribution >= 0.6 is 0 Å². The van der Waals surface area contributed by atoms with Crippen molar-refractivity contribution < 1.29 is 4.74 Å². The Kier molecular flexibility index (Phi) is 3.91. The van der Waals surface area contributed by atoms with Crippen LogP contribution in [-0.2, 0) is 5.54 Å². The number of hydrogen-bond acceptors (Lipinski definition) is 2. The Bertz CT molecular complexity index is 459. The maximum Gasteiger partial charge on any atom is 0.127 e. The number of nitrogens with two attached hydrogens (primary N) is 1. The van der Waals surface area contributed by atoms with Crippen molar-refractivity contribution in [2.45, 2.75) is 64.3 Å². The fourth-order valence-corrected chi connectivity index (χ4v) is 3.09. The summed E-state index contributed by atoms with van der Waals surface area (Å²) >= 11 is 0. The van der Waals surface area contributed by atoms with Gasteiger partial charge in [0.15, 0.2) is 0 Å². The highest BCUT2D eigenvalue weighted by molar-refractivity contribution is 5.53. The molecular weight excluding hydrogens is 234 g/mol. The zero-order valence-corrected chi connectivity index (χ0v) is 12.9. The number of benzene rings is 1. The second-order valence-corrected chi connectivity index (χ2v) is 6.47. The molecule has 0 unspecified atom stereocenters.